The molecule has 3 aliphatic heterocycles. The molecule has 2 amide bonds. The number of ether oxygens (including phenoxy) is 2. The molecule has 15 heteroatoms. The predicted molar refractivity (Wildman–Crippen MR) is 221 cm³/mol. The van der Waals surface area contributed by atoms with E-state index < -0.39 is 28.7 Å². The van der Waals surface area contributed by atoms with Gasteiger partial charge in [-0.05, 0) is 61.1 Å². The first kappa shape index (κ1) is 42.4. The highest BCUT2D eigenvalue weighted by Crippen LogP contribution is 2.46. The summed E-state index contributed by atoms with van der Waals surface area (Å²) < 4.78 is 24.2. The number of esters is 2. The molecule has 4 atom stereocenters. The number of halogens is 3. The molecule has 7 rings (SSSR count). The normalized spacial score (nSPS) is 22.7. The first-order valence-corrected chi connectivity index (χ1v) is 20.8. The summed E-state index contributed by atoms with van der Waals surface area (Å²) in [5.74, 6) is -2.13. The fourth-order valence-electron chi connectivity index (χ4n) is 8.72. The van der Waals surface area contributed by atoms with Gasteiger partial charge in [0, 0.05) is 82.8 Å². The summed E-state index contributed by atoms with van der Waals surface area (Å²) in [5, 5.41) is 3.55. The molecule has 1 aliphatic carbocycles. The summed E-state index contributed by atoms with van der Waals surface area (Å²) in [6.07, 6.45) is 1.81. The molecule has 3 unspecified atom stereocenters. The van der Waals surface area contributed by atoms with Crippen LogP contribution in [0.4, 0.5) is 0 Å². The Labute approximate surface area is 351 Å². The number of carbonyl (C=O) groups is 4. The van der Waals surface area contributed by atoms with E-state index in [2.05, 4.69) is 10.2 Å². The first-order chi connectivity index (χ1) is 27.1. The second-order valence-corrected chi connectivity index (χ2v) is 16.8. The summed E-state index contributed by atoms with van der Waals surface area (Å²) >= 11 is 13.5. The molecule has 1 N–H and O–H groups in total. The van der Waals surface area contributed by atoms with Crippen LogP contribution in [0.1, 0.15) is 41.1 Å². The van der Waals surface area contributed by atoms with E-state index >= 15 is 0 Å². The molecule has 3 aromatic rings. The van der Waals surface area contributed by atoms with Crippen LogP contribution in [-0.2, 0) is 34.7 Å². The highest BCUT2D eigenvalue weighted by Gasteiger charge is 2.45. The average Bonchev–Trinajstić information content (AvgIpc) is 3.81. The van der Waals surface area contributed by atoms with Gasteiger partial charge < -0.3 is 24.6 Å². The lowest BCUT2D eigenvalue weighted by molar-refractivity contribution is -0.137. The maximum absolute atomic E-state index is 14.2. The van der Waals surface area contributed by atoms with Crippen LogP contribution >= 0.6 is 35.6 Å². The molecule has 1 saturated carbocycles. The van der Waals surface area contributed by atoms with Crippen LogP contribution in [0, 0.1) is 11.8 Å². The van der Waals surface area contributed by atoms with E-state index in [0.717, 1.165) is 31.5 Å². The van der Waals surface area contributed by atoms with Crippen LogP contribution in [0.5, 0.6) is 0 Å². The summed E-state index contributed by atoms with van der Waals surface area (Å²) in [6, 6.07) is 23.5. The minimum absolute atomic E-state index is 0. The van der Waals surface area contributed by atoms with Gasteiger partial charge in [-0.1, -0.05) is 65.7 Å². The van der Waals surface area contributed by atoms with Gasteiger partial charge in [0.25, 0.3) is 5.91 Å². The summed E-state index contributed by atoms with van der Waals surface area (Å²) in [6.45, 7) is 3.93. The molecular weight excluding hydrogens is 811 g/mol. The number of carbonyl (C=O) groups excluding carboxylic acids is 4. The molecule has 3 heterocycles. The largest absolute Gasteiger partial charge is 0.466 e. The minimum Gasteiger partial charge on any atom is -0.466 e. The fourth-order valence-corrected chi connectivity index (χ4v) is 10.5. The van der Waals surface area contributed by atoms with E-state index in [9.17, 15) is 23.4 Å². The van der Waals surface area contributed by atoms with Gasteiger partial charge in [-0.3, -0.25) is 18.7 Å². The van der Waals surface area contributed by atoms with Crippen LogP contribution in [-0.4, -0.2) is 108 Å². The van der Waals surface area contributed by atoms with Crippen molar-refractivity contribution in [3.8, 4) is 0 Å². The number of methoxy groups -OCH3 is 2. The Morgan fingerprint density at radius 2 is 1.28 bits per heavy atom. The lowest BCUT2D eigenvalue weighted by Crippen LogP contribution is -2.52. The van der Waals surface area contributed by atoms with E-state index in [-0.39, 0.29) is 74.5 Å². The standard InChI is InChI=1S/C42H44Cl2N4O7S.ClH/c1-54-41(51)37-33(45-34(25-56(53)30-12-7-4-8-13-30)38(42(52)55-2)39(37)36-31(43)14-9-15-32(36)44)22-35(49)47-18-16-46(17-19-47)29-20-27-23-48(24-28(27)21-29)40(50)26-10-5-3-6-11-26;/h3-15,27-29,39,45H,16-25H2,1-2H3;1H/t27?,28?,29?,39-,56?;/m0./s1. The van der Waals surface area contributed by atoms with Crippen molar-refractivity contribution in [3.63, 3.8) is 0 Å². The molecule has 3 fully saturated rings. The van der Waals surface area contributed by atoms with Crippen LogP contribution in [0.25, 0.3) is 0 Å². The van der Waals surface area contributed by atoms with Gasteiger partial charge >= 0.3 is 11.9 Å². The Balaban J connectivity index is 0.00000549. The third-order valence-electron chi connectivity index (χ3n) is 11.5. The molecule has 4 aliphatic rings. The van der Waals surface area contributed by atoms with Crippen molar-refractivity contribution < 1.29 is 32.9 Å². The van der Waals surface area contributed by atoms with Gasteiger partial charge in [-0.25, -0.2) is 9.59 Å². The number of nitrogens with one attached hydrogen (secondary N) is 1. The second-order valence-electron chi connectivity index (χ2n) is 14.6. The third-order valence-corrected chi connectivity index (χ3v) is 13.5. The molecule has 57 heavy (non-hydrogen) atoms. The third kappa shape index (κ3) is 8.95. The number of hydrogen-bond acceptors (Lipinski definition) is 9. The zero-order valence-corrected chi connectivity index (χ0v) is 34.8. The maximum atomic E-state index is 14.2. The lowest BCUT2D eigenvalue weighted by Gasteiger charge is -2.39. The van der Waals surface area contributed by atoms with Gasteiger partial charge in [-0.15, -0.1) is 12.4 Å². The highest BCUT2D eigenvalue weighted by atomic mass is 35.5. The van der Waals surface area contributed by atoms with Crippen LogP contribution in [0.15, 0.2) is 106 Å². The average molecular weight is 856 g/mol. The van der Waals surface area contributed by atoms with E-state index in [4.69, 9.17) is 32.7 Å². The topological polar surface area (TPSA) is 126 Å². The number of hydrogen-bond donors (Lipinski definition) is 1. The van der Waals surface area contributed by atoms with E-state index in [1.54, 1.807) is 47.4 Å². The summed E-state index contributed by atoms with van der Waals surface area (Å²) in [7, 11) is 0.802. The van der Waals surface area contributed by atoms with Crippen molar-refractivity contribution in [2.24, 2.45) is 11.8 Å². The van der Waals surface area contributed by atoms with Crippen molar-refractivity contribution in [3.05, 3.63) is 123 Å². The first-order valence-electron chi connectivity index (χ1n) is 18.7. The minimum atomic E-state index is -1.63. The number of likely N-dealkylation sites (tertiary alicyclic amines) is 1. The van der Waals surface area contributed by atoms with Crippen molar-refractivity contribution in [2.75, 3.05) is 59.2 Å². The smallest absolute Gasteiger partial charge is 0.336 e. The predicted octanol–water partition coefficient (Wildman–Crippen LogP) is 5.85. The van der Waals surface area contributed by atoms with Crippen molar-refractivity contribution >= 4 is 70.2 Å². The SMILES string of the molecule is COC(=O)C1=C(CC(=O)N2CCN(C3CC4CN(C(=O)c5ccccc5)CC4C3)CC2)NC(CS(=O)c2ccccc2)=C(C(=O)OC)[C@H]1c1c(Cl)cccc1Cl.Cl. The van der Waals surface area contributed by atoms with E-state index in [1.807, 2.05) is 41.3 Å². The number of piperazine rings is 1. The highest BCUT2D eigenvalue weighted by molar-refractivity contribution is 7.85. The Kier molecular flexibility index (Phi) is 13.8. The van der Waals surface area contributed by atoms with Crippen molar-refractivity contribution in [2.45, 2.75) is 36.1 Å². The van der Waals surface area contributed by atoms with Crippen molar-refractivity contribution in [1.82, 2.24) is 20.0 Å². The Morgan fingerprint density at radius 3 is 1.84 bits per heavy atom. The van der Waals surface area contributed by atoms with Crippen molar-refractivity contribution in [1.29, 1.82) is 0 Å². The zero-order valence-electron chi connectivity index (χ0n) is 31.7. The number of rotatable bonds is 10. The number of benzene rings is 3. The fraction of sp³-hybridized carbons (Fsp3) is 0.381. The molecule has 2 saturated heterocycles. The van der Waals surface area contributed by atoms with Gasteiger partial charge in [0.1, 0.15) is 0 Å². The number of amides is 2. The number of nitrogens with zero attached hydrogens (tertiary/aromatic N) is 3. The van der Waals surface area contributed by atoms with E-state index in [0.29, 0.717) is 49.0 Å². The number of dihydropyridines is 1. The molecule has 11 nitrogen and oxygen atoms in total. The zero-order chi connectivity index (χ0) is 39.5. The monoisotopic (exact) mass is 854 g/mol. The molecule has 0 radical (unpaired) electrons. The summed E-state index contributed by atoms with van der Waals surface area (Å²) in [5.41, 5.74) is 1.39. The molecule has 302 valence electrons. The molecule has 0 spiro atoms. The van der Waals surface area contributed by atoms with Crippen LogP contribution < -0.4 is 5.32 Å². The quantitative estimate of drug-likeness (QED) is 0.250. The molecule has 3 aromatic carbocycles. The molecule has 0 bridgehead atoms. The maximum Gasteiger partial charge on any atom is 0.336 e. The lowest BCUT2D eigenvalue weighted by atomic mass is 9.79. The Bertz CT molecular complexity index is 2060. The van der Waals surface area contributed by atoms with Gasteiger partial charge in [-0.2, -0.15) is 0 Å². The summed E-state index contributed by atoms with van der Waals surface area (Å²) in [4.78, 5) is 61.4. The number of fused-ring (bicyclic) bond motifs is 1. The van der Waals surface area contributed by atoms with Gasteiger partial charge in [0.05, 0.1) is 54.3 Å². The Morgan fingerprint density at radius 1 is 0.737 bits per heavy atom. The van der Waals surface area contributed by atoms with E-state index in [1.165, 1.54) is 14.2 Å². The second kappa shape index (κ2) is 18.6. The van der Waals surface area contributed by atoms with Gasteiger partial charge in [0.15, 0.2) is 0 Å². The Hall–Kier alpha value is -4.20. The molecule has 0 aromatic heterocycles. The van der Waals surface area contributed by atoms with Gasteiger partial charge in [0.2, 0.25) is 5.91 Å². The van der Waals surface area contributed by atoms with Crippen LogP contribution in [0.3, 0.4) is 0 Å². The molecular formula is C42H45Cl3N4O7S. The van der Waals surface area contributed by atoms with Crippen LogP contribution in [0.2, 0.25) is 10.0 Å².